The number of nitrogens with two attached hydrogens (primary N) is 1. The summed E-state index contributed by atoms with van der Waals surface area (Å²) in [5.41, 5.74) is 6.10. The monoisotopic (exact) mass is 355 g/mol. The molecule has 1 atom stereocenters. The molecule has 7 nitrogen and oxygen atoms in total. The van der Waals surface area contributed by atoms with Crippen molar-refractivity contribution >= 4 is 17.7 Å². The van der Waals surface area contributed by atoms with Crippen LogP contribution in [0, 0.1) is 5.92 Å². The van der Waals surface area contributed by atoms with Crippen molar-refractivity contribution in [1.82, 2.24) is 4.98 Å². The van der Waals surface area contributed by atoms with Crippen molar-refractivity contribution in [2.24, 2.45) is 11.7 Å². The van der Waals surface area contributed by atoms with Crippen LogP contribution in [-0.2, 0) is 9.53 Å². The van der Waals surface area contributed by atoms with E-state index in [0.717, 1.165) is 31.6 Å². The maximum atomic E-state index is 12.3. The van der Waals surface area contributed by atoms with E-state index in [1.165, 1.54) is 0 Å². The zero-order valence-corrected chi connectivity index (χ0v) is 14.3. The van der Waals surface area contributed by atoms with Crippen LogP contribution in [0.3, 0.4) is 0 Å². The Kier molecular flexibility index (Phi) is 5.68. The van der Waals surface area contributed by atoms with Gasteiger partial charge in [0.2, 0.25) is 0 Å². The Morgan fingerprint density at radius 3 is 2.35 bits per heavy atom. The first-order valence-corrected chi connectivity index (χ1v) is 8.51. The number of ether oxygens (including phenoxy) is 2. The molecule has 1 saturated heterocycles. The molecule has 2 heterocycles. The third-order valence-electron chi connectivity index (χ3n) is 4.44. The Hall–Kier alpha value is -3.09. The predicted molar refractivity (Wildman–Crippen MR) is 95.7 cm³/mol. The highest BCUT2D eigenvalue weighted by Gasteiger charge is 2.35. The van der Waals surface area contributed by atoms with Crippen LogP contribution in [-0.4, -0.2) is 36.2 Å². The van der Waals surface area contributed by atoms with Gasteiger partial charge in [0.25, 0.3) is 0 Å². The molecule has 2 aromatic rings. The molecule has 3 rings (SSSR count). The third-order valence-corrected chi connectivity index (χ3v) is 4.44. The second-order valence-electron chi connectivity index (χ2n) is 6.12. The van der Waals surface area contributed by atoms with Gasteiger partial charge in [-0.15, -0.1) is 0 Å². The SMILES string of the molecule is NC(=O)OC(=O)C(Oc1ccccc1)C1CCN(c2ccncc2)CC1. The fourth-order valence-electron chi connectivity index (χ4n) is 3.15. The number of carbonyl (C=O) groups excluding carboxylic acids is 2. The fourth-order valence-corrected chi connectivity index (χ4v) is 3.15. The summed E-state index contributed by atoms with van der Waals surface area (Å²) in [6.45, 7) is 1.54. The molecule has 1 aliphatic heterocycles. The molecule has 26 heavy (non-hydrogen) atoms. The average molecular weight is 355 g/mol. The minimum atomic E-state index is -1.12. The summed E-state index contributed by atoms with van der Waals surface area (Å²) >= 11 is 0. The lowest BCUT2D eigenvalue weighted by molar-refractivity contribution is -0.148. The Labute approximate surface area is 151 Å². The van der Waals surface area contributed by atoms with E-state index >= 15 is 0 Å². The van der Waals surface area contributed by atoms with Gasteiger partial charge in [-0.1, -0.05) is 18.2 Å². The molecule has 1 aliphatic rings. The van der Waals surface area contributed by atoms with Crippen LogP contribution in [0.1, 0.15) is 12.8 Å². The highest BCUT2D eigenvalue weighted by molar-refractivity contribution is 5.86. The van der Waals surface area contributed by atoms with Crippen molar-refractivity contribution < 1.29 is 19.1 Å². The lowest BCUT2D eigenvalue weighted by atomic mass is 9.90. The molecule has 0 bridgehead atoms. The van der Waals surface area contributed by atoms with Crippen LogP contribution in [0.15, 0.2) is 54.9 Å². The zero-order chi connectivity index (χ0) is 18.4. The van der Waals surface area contributed by atoms with Gasteiger partial charge in [-0.3, -0.25) is 4.98 Å². The Morgan fingerprint density at radius 1 is 1.08 bits per heavy atom. The van der Waals surface area contributed by atoms with Crippen LogP contribution in [0.4, 0.5) is 10.5 Å². The number of para-hydroxylation sites is 1. The molecule has 1 unspecified atom stereocenters. The van der Waals surface area contributed by atoms with E-state index in [9.17, 15) is 9.59 Å². The van der Waals surface area contributed by atoms with Crippen molar-refractivity contribution in [2.45, 2.75) is 18.9 Å². The van der Waals surface area contributed by atoms with E-state index in [0.29, 0.717) is 5.75 Å². The zero-order valence-electron chi connectivity index (χ0n) is 14.3. The van der Waals surface area contributed by atoms with Crippen molar-refractivity contribution in [1.29, 1.82) is 0 Å². The average Bonchev–Trinajstić information content (AvgIpc) is 2.67. The van der Waals surface area contributed by atoms with Gasteiger partial charge in [-0.2, -0.15) is 0 Å². The van der Waals surface area contributed by atoms with Gasteiger partial charge in [-0.25, -0.2) is 9.59 Å². The summed E-state index contributed by atoms with van der Waals surface area (Å²) in [5, 5.41) is 0. The highest BCUT2D eigenvalue weighted by atomic mass is 16.6. The summed E-state index contributed by atoms with van der Waals surface area (Å²) in [7, 11) is 0. The van der Waals surface area contributed by atoms with E-state index in [1.54, 1.807) is 24.5 Å². The number of hydrogen-bond donors (Lipinski definition) is 1. The lowest BCUT2D eigenvalue weighted by Crippen LogP contribution is -2.44. The normalized spacial score (nSPS) is 15.9. The number of hydrogen-bond acceptors (Lipinski definition) is 6. The molecule has 0 spiro atoms. The first-order chi connectivity index (χ1) is 12.6. The summed E-state index contributed by atoms with van der Waals surface area (Å²) in [5.74, 6) is -0.264. The minimum absolute atomic E-state index is 0.0693. The summed E-state index contributed by atoms with van der Waals surface area (Å²) in [4.78, 5) is 29.6. The van der Waals surface area contributed by atoms with E-state index < -0.39 is 18.2 Å². The van der Waals surface area contributed by atoms with Gasteiger partial charge in [0, 0.05) is 37.1 Å². The largest absolute Gasteiger partial charge is 0.478 e. The molecule has 1 aromatic carbocycles. The van der Waals surface area contributed by atoms with Gasteiger partial charge in [0.15, 0.2) is 6.10 Å². The number of esters is 1. The summed E-state index contributed by atoms with van der Waals surface area (Å²) in [6.07, 6.45) is 2.98. The van der Waals surface area contributed by atoms with Gasteiger partial charge < -0.3 is 20.1 Å². The quantitative estimate of drug-likeness (QED) is 0.653. The molecule has 1 fully saturated rings. The summed E-state index contributed by atoms with van der Waals surface area (Å²) < 4.78 is 10.4. The van der Waals surface area contributed by atoms with Gasteiger partial charge >= 0.3 is 12.1 Å². The first kappa shape index (κ1) is 17.7. The number of benzene rings is 1. The van der Waals surface area contributed by atoms with Crippen LogP contribution in [0.25, 0.3) is 0 Å². The van der Waals surface area contributed by atoms with Crippen LogP contribution < -0.4 is 15.4 Å². The van der Waals surface area contributed by atoms with E-state index in [4.69, 9.17) is 10.5 Å². The van der Waals surface area contributed by atoms with Crippen LogP contribution in [0.2, 0.25) is 0 Å². The molecule has 0 aliphatic carbocycles. The second kappa shape index (κ2) is 8.33. The topological polar surface area (TPSA) is 94.8 Å². The summed E-state index contributed by atoms with van der Waals surface area (Å²) in [6, 6.07) is 12.9. The number of nitrogens with zero attached hydrogens (tertiary/aromatic N) is 2. The van der Waals surface area contributed by atoms with Crippen molar-refractivity contribution in [2.75, 3.05) is 18.0 Å². The molecular weight excluding hydrogens is 334 g/mol. The predicted octanol–water partition coefficient (Wildman–Crippen LogP) is 2.37. The number of pyridine rings is 1. The molecule has 7 heteroatoms. The van der Waals surface area contributed by atoms with Crippen molar-refractivity contribution in [3.8, 4) is 5.75 Å². The van der Waals surface area contributed by atoms with Crippen molar-refractivity contribution in [3.05, 3.63) is 54.9 Å². The standard InChI is InChI=1S/C19H21N3O4/c20-19(24)26-18(23)17(25-16-4-2-1-3-5-16)14-8-12-22(13-9-14)15-6-10-21-11-7-15/h1-7,10-11,14,17H,8-9,12-13H2,(H2,20,24). The third kappa shape index (κ3) is 4.50. The molecule has 0 saturated carbocycles. The van der Waals surface area contributed by atoms with Gasteiger partial charge in [0.1, 0.15) is 5.75 Å². The number of anilines is 1. The molecule has 1 amide bonds. The lowest BCUT2D eigenvalue weighted by Gasteiger charge is -2.36. The highest BCUT2D eigenvalue weighted by Crippen LogP contribution is 2.28. The number of aromatic nitrogens is 1. The fraction of sp³-hybridized carbons (Fsp3) is 0.316. The molecule has 1 aromatic heterocycles. The first-order valence-electron chi connectivity index (χ1n) is 8.51. The number of primary amides is 1. The number of piperidine rings is 1. The van der Waals surface area contributed by atoms with E-state index in [-0.39, 0.29) is 5.92 Å². The molecule has 136 valence electrons. The number of amides is 1. The van der Waals surface area contributed by atoms with Crippen LogP contribution in [0.5, 0.6) is 5.75 Å². The molecule has 0 radical (unpaired) electrons. The van der Waals surface area contributed by atoms with Gasteiger partial charge in [-0.05, 0) is 37.1 Å². The molecular formula is C19H21N3O4. The van der Waals surface area contributed by atoms with Crippen LogP contribution >= 0.6 is 0 Å². The maximum absolute atomic E-state index is 12.3. The maximum Gasteiger partial charge on any atom is 0.412 e. The van der Waals surface area contributed by atoms with Gasteiger partial charge in [0.05, 0.1) is 0 Å². The minimum Gasteiger partial charge on any atom is -0.478 e. The van der Waals surface area contributed by atoms with Crippen molar-refractivity contribution in [3.63, 3.8) is 0 Å². The Balaban J connectivity index is 1.69. The Bertz CT molecular complexity index is 731. The smallest absolute Gasteiger partial charge is 0.412 e. The van der Waals surface area contributed by atoms with E-state index in [2.05, 4.69) is 14.6 Å². The Morgan fingerprint density at radius 2 is 1.73 bits per heavy atom. The number of carbonyl (C=O) groups is 2. The number of rotatable bonds is 5. The molecule has 2 N–H and O–H groups in total. The second-order valence-corrected chi connectivity index (χ2v) is 6.12. The van der Waals surface area contributed by atoms with E-state index in [1.807, 2.05) is 30.3 Å².